The van der Waals surface area contributed by atoms with Crippen LogP contribution in [0.2, 0.25) is 0 Å². The third-order valence-corrected chi connectivity index (χ3v) is 3.75. The van der Waals surface area contributed by atoms with Crippen molar-refractivity contribution in [3.8, 4) is 0 Å². The van der Waals surface area contributed by atoms with Crippen molar-refractivity contribution in [1.29, 1.82) is 0 Å². The van der Waals surface area contributed by atoms with Gasteiger partial charge in [0.15, 0.2) is 0 Å². The summed E-state index contributed by atoms with van der Waals surface area (Å²) in [7, 11) is 0. The highest BCUT2D eigenvalue weighted by Crippen LogP contribution is 2.28. The number of aliphatic hydroxyl groups excluding tert-OH is 1. The Bertz CT molecular complexity index is 355. The summed E-state index contributed by atoms with van der Waals surface area (Å²) in [4.78, 5) is 6.47. The molecule has 4 heteroatoms. The maximum atomic E-state index is 9.33. The van der Waals surface area contributed by atoms with Crippen molar-refractivity contribution in [3.05, 3.63) is 30.1 Å². The van der Waals surface area contributed by atoms with E-state index in [2.05, 4.69) is 9.88 Å². The van der Waals surface area contributed by atoms with Gasteiger partial charge in [-0.1, -0.05) is 0 Å². The molecule has 1 aromatic heterocycles. The number of aliphatic hydroxyl groups is 1. The zero-order valence-corrected chi connectivity index (χ0v) is 11.0. The van der Waals surface area contributed by atoms with E-state index in [4.69, 9.17) is 5.73 Å². The summed E-state index contributed by atoms with van der Waals surface area (Å²) < 4.78 is 0. The first-order valence-corrected chi connectivity index (χ1v) is 6.72. The van der Waals surface area contributed by atoms with Gasteiger partial charge in [0.1, 0.15) is 0 Å². The minimum Gasteiger partial charge on any atom is -0.396 e. The van der Waals surface area contributed by atoms with E-state index in [0.717, 1.165) is 25.9 Å². The summed E-state index contributed by atoms with van der Waals surface area (Å²) in [5, 5.41) is 9.33. The van der Waals surface area contributed by atoms with Gasteiger partial charge in [-0.25, -0.2) is 0 Å². The van der Waals surface area contributed by atoms with Crippen molar-refractivity contribution in [3.63, 3.8) is 0 Å². The number of hydrogen-bond acceptors (Lipinski definition) is 4. The molecule has 0 bridgehead atoms. The number of hydrogen-bond donors (Lipinski definition) is 2. The molecular formula is C14H23N3O. The molecule has 3 N–H and O–H groups in total. The van der Waals surface area contributed by atoms with E-state index in [1.54, 1.807) is 0 Å². The van der Waals surface area contributed by atoms with Crippen LogP contribution in [0, 0.1) is 5.92 Å². The second kappa shape index (κ2) is 6.27. The van der Waals surface area contributed by atoms with Gasteiger partial charge in [0.2, 0.25) is 0 Å². The second-order valence-electron chi connectivity index (χ2n) is 5.27. The molecule has 2 heterocycles. The molecular weight excluding hydrogens is 226 g/mol. The quantitative estimate of drug-likeness (QED) is 0.841. The fourth-order valence-electron chi connectivity index (χ4n) is 2.91. The maximum absolute atomic E-state index is 9.33. The molecule has 1 fully saturated rings. The SMILES string of the molecule is CC(N)C(c1ccncc1)N1CCCC(CO)C1. The molecule has 0 saturated carbocycles. The lowest BCUT2D eigenvalue weighted by atomic mass is 9.93. The van der Waals surface area contributed by atoms with E-state index in [1.165, 1.54) is 5.56 Å². The zero-order valence-electron chi connectivity index (χ0n) is 11.0. The Kier molecular flexibility index (Phi) is 4.69. The molecule has 0 amide bonds. The van der Waals surface area contributed by atoms with Crippen molar-refractivity contribution in [2.45, 2.75) is 31.8 Å². The highest BCUT2D eigenvalue weighted by molar-refractivity contribution is 5.17. The summed E-state index contributed by atoms with van der Waals surface area (Å²) >= 11 is 0. The molecule has 1 saturated heterocycles. The number of piperidine rings is 1. The van der Waals surface area contributed by atoms with Crippen LogP contribution in [0.1, 0.15) is 31.4 Å². The summed E-state index contributed by atoms with van der Waals surface area (Å²) in [6, 6.07) is 4.37. The first-order valence-electron chi connectivity index (χ1n) is 6.72. The van der Waals surface area contributed by atoms with Crippen LogP contribution in [0.15, 0.2) is 24.5 Å². The second-order valence-corrected chi connectivity index (χ2v) is 5.27. The predicted molar refractivity (Wildman–Crippen MR) is 72.0 cm³/mol. The van der Waals surface area contributed by atoms with Crippen LogP contribution in [0.25, 0.3) is 0 Å². The van der Waals surface area contributed by atoms with Crippen molar-refractivity contribution >= 4 is 0 Å². The molecule has 0 radical (unpaired) electrons. The van der Waals surface area contributed by atoms with E-state index in [-0.39, 0.29) is 18.7 Å². The highest BCUT2D eigenvalue weighted by Gasteiger charge is 2.28. The molecule has 3 atom stereocenters. The molecule has 1 aromatic rings. The van der Waals surface area contributed by atoms with Gasteiger partial charge in [-0.2, -0.15) is 0 Å². The van der Waals surface area contributed by atoms with E-state index < -0.39 is 0 Å². The van der Waals surface area contributed by atoms with Crippen molar-refractivity contribution in [1.82, 2.24) is 9.88 Å². The first kappa shape index (κ1) is 13.5. The van der Waals surface area contributed by atoms with Gasteiger partial charge in [-0.15, -0.1) is 0 Å². The Morgan fingerprint density at radius 3 is 2.83 bits per heavy atom. The van der Waals surface area contributed by atoms with Crippen LogP contribution in [0.3, 0.4) is 0 Å². The van der Waals surface area contributed by atoms with Crippen LogP contribution in [-0.4, -0.2) is 40.7 Å². The topological polar surface area (TPSA) is 62.4 Å². The van der Waals surface area contributed by atoms with Crippen LogP contribution in [-0.2, 0) is 0 Å². The molecule has 1 aliphatic heterocycles. The Morgan fingerprint density at radius 2 is 2.22 bits per heavy atom. The van der Waals surface area contributed by atoms with E-state index in [1.807, 2.05) is 31.5 Å². The summed E-state index contributed by atoms with van der Waals surface area (Å²) in [5.74, 6) is 0.391. The number of nitrogens with zero attached hydrogens (tertiary/aromatic N) is 2. The van der Waals surface area contributed by atoms with Gasteiger partial charge < -0.3 is 10.8 Å². The lowest BCUT2D eigenvalue weighted by Gasteiger charge is -2.39. The van der Waals surface area contributed by atoms with Gasteiger partial charge in [0.05, 0.1) is 0 Å². The molecule has 3 unspecified atom stereocenters. The van der Waals surface area contributed by atoms with Crippen molar-refractivity contribution in [2.75, 3.05) is 19.7 Å². The first-order chi connectivity index (χ1) is 8.72. The zero-order chi connectivity index (χ0) is 13.0. The normalized spacial score (nSPS) is 24.7. The highest BCUT2D eigenvalue weighted by atomic mass is 16.3. The van der Waals surface area contributed by atoms with Gasteiger partial charge >= 0.3 is 0 Å². The van der Waals surface area contributed by atoms with E-state index >= 15 is 0 Å². The maximum Gasteiger partial charge on any atom is 0.0497 e. The van der Waals surface area contributed by atoms with E-state index in [9.17, 15) is 5.11 Å². The summed E-state index contributed by atoms with van der Waals surface area (Å²) in [5.41, 5.74) is 7.38. The van der Waals surface area contributed by atoms with E-state index in [0.29, 0.717) is 5.92 Å². The van der Waals surface area contributed by atoms with Gasteiger partial charge in [-0.05, 0) is 49.9 Å². The lowest BCUT2D eigenvalue weighted by Crippen LogP contribution is -2.45. The molecule has 18 heavy (non-hydrogen) atoms. The van der Waals surface area contributed by atoms with Crippen LogP contribution >= 0.6 is 0 Å². The molecule has 4 nitrogen and oxygen atoms in total. The standard InChI is InChI=1S/C14H23N3O/c1-11(15)14(13-4-6-16-7-5-13)17-8-2-3-12(9-17)10-18/h4-7,11-12,14,18H,2-3,8-10,15H2,1H3. The Balaban J connectivity index is 2.15. The average Bonchev–Trinajstić information content (AvgIpc) is 2.40. The molecule has 1 aliphatic rings. The predicted octanol–water partition coefficient (Wildman–Crippen LogP) is 1.17. The minimum absolute atomic E-state index is 0.0739. The van der Waals surface area contributed by atoms with Crippen molar-refractivity contribution in [2.24, 2.45) is 11.7 Å². The van der Waals surface area contributed by atoms with Gasteiger partial charge in [0.25, 0.3) is 0 Å². The number of rotatable bonds is 4. The van der Waals surface area contributed by atoms with Crippen molar-refractivity contribution < 1.29 is 5.11 Å². The Labute approximate surface area is 109 Å². The fraction of sp³-hybridized carbons (Fsp3) is 0.643. The monoisotopic (exact) mass is 249 g/mol. The molecule has 0 spiro atoms. The third kappa shape index (κ3) is 3.07. The molecule has 2 rings (SSSR count). The Morgan fingerprint density at radius 1 is 1.50 bits per heavy atom. The number of likely N-dealkylation sites (tertiary alicyclic amines) is 1. The average molecular weight is 249 g/mol. The molecule has 0 aromatic carbocycles. The van der Waals surface area contributed by atoms with Crippen LogP contribution in [0.4, 0.5) is 0 Å². The largest absolute Gasteiger partial charge is 0.396 e. The fourth-order valence-corrected chi connectivity index (χ4v) is 2.91. The summed E-state index contributed by atoms with van der Waals surface area (Å²) in [6.45, 7) is 4.32. The third-order valence-electron chi connectivity index (χ3n) is 3.75. The number of aromatic nitrogens is 1. The lowest BCUT2D eigenvalue weighted by molar-refractivity contribution is 0.0792. The van der Waals surface area contributed by atoms with Gasteiger partial charge in [0, 0.05) is 37.6 Å². The minimum atomic E-state index is 0.0739. The molecule has 100 valence electrons. The number of pyridine rings is 1. The summed E-state index contributed by atoms with van der Waals surface area (Å²) in [6.07, 6.45) is 5.89. The molecule has 0 aliphatic carbocycles. The number of nitrogens with two attached hydrogens (primary N) is 1. The Hall–Kier alpha value is -0.970. The van der Waals surface area contributed by atoms with Gasteiger partial charge in [-0.3, -0.25) is 9.88 Å². The van der Waals surface area contributed by atoms with Crippen LogP contribution < -0.4 is 5.73 Å². The smallest absolute Gasteiger partial charge is 0.0497 e. The van der Waals surface area contributed by atoms with Crippen LogP contribution in [0.5, 0.6) is 0 Å².